The van der Waals surface area contributed by atoms with Crippen molar-refractivity contribution in [2.75, 3.05) is 0 Å². The summed E-state index contributed by atoms with van der Waals surface area (Å²) in [6.45, 7) is 0. The molecular weight excluding hydrogens is 413 g/mol. The number of hydrogen-bond donors (Lipinski definition) is 0. The van der Waals surface area contributed by atoms with E-state index in [1.54, 1.807) is 0 Å². The number of carbonyl (C=O) groups is 1. The summed E-state index contributed by atoms with van der Waals surface area (Å²) in [6, 6.07) is 0. The third-order valence-corrected chi connectivity index (χ3v) is 1.97. The van der Waals surface area contributed by atoms with Crippen LogP contribution in [0.1, 0.15) is 6.42 Å². The number of hydrogen-bond acceptors (Lipinski definition) is 1. The van der Waals surface area contributed by atoms with Crippen LogP contribution in [0, 0.1) is 0 Å². The van der Waals surface area contributed by atoms with E-state index >= 15 is 0 Å². The first-order valence-corrected chi connectivity index (χ1v) is 4.23. The Kier molecular flexibility index (Phi) is 10.3. The average Bonchev–Trinajstić information content (AvgIpc) is 2.37. The smallest absolute Gasteiger partial charge is 1.00 e. The second-order valence-electron chi connectivity index (χ2n) is 1.74. The van der Waals surface area contributed by atoms with E-state index in [1.165, 1.54) is 0 Å². The Labute approximate surface area is 107 Å². The summed E-state index contributed by atoms with van der Waals surface area (Å²) in [5, 5.41) is 0. The number of carbonyl (C=O) groups excluding carboxylic acids is 1. The van der Waals surface area contributed by atoms with Crippen molar-refractivity contribution in [2.45, 2.75) is 12.3 Å². The van der Waals surface area contributed by atoms with Gasteiger partial charge in [0.05, 0.1) is 0 Å². The van der Waals surface area contributed by atoms with Crippen LogP contribution in [0.15, 0.2) is 23.8 Å². The van der Waals surface area contributed by atoms with E-state index in [2.05, 4.69) is 0 Å². The van der Waals surface area contributed by atoms with Gasteiger partial charge < -0.3 is 48.0 Å². The van der Waals surface area contributed by atoms with Crippen LogP contribution in [0.3, 0.4) is 0 Å². The molecule has 0 fully saturated rings. The molecule has 0 aromatic heterocycles. The van der Waals surface area contributed by atoms with Gasteiger partial charge in [-0.1, -0.05) is 0 Å². The molecule has 0 saturated heterocycles. The van der Waals surface area contributed by atoms with Crippen molar-refractivity contribution in [1.29, 1.82) is 0 Å². The zero-order chi connectivity index (χ0) is 6.69. The zero-order valence-corrected chi connectivity index (χ0v) is 11.3. The van der Waals surface area contributed by atoms with Gasteiger partial charge >= 0.3 is 60.3 Å². The van der Waals surface area contributed by atoms with Crippen LogP contribution in [0.2, 0.25) is 5.86 Å². The van der Waals surface area contributed by atoms with Crippen LogP contribution in [0.4, 0.5) is 0 Å². The second kappa shape index (κ2) is 7.75. The molecule has 4 heteroatoms. The van der Waals surface area contributed by atoms with Crippen molar-refractivity contribution < 1.29 is 67.4 Å². The Morgan fingerprint density at radius 3 is 2.55 bits per heavy atom. The number of rotatable bonds is 2. The largest absolute Gasteiger partial charge is 1.00 e. The minimum Gasteiger partial charge on any atom is -1.00 e. The van der Waals surface area contributed by atoms with Gasteiger partial charge in [0, 0.05) is 0 Å². The molecule has 0 aliphatic heterocycles. The van der Waals surface area contributed by atoms with Gasteiger partial charge in [0.1, 0.15) is 0 Å². The molecule has 1 aliphatic rings. The zero-order valence-electron chi connectivity index (χ0n) is 5.94. The SMILES string of the molecule is [CH3][Co+2][C](=O)C1=CC=CC1.[I-].[I-]. The molecule has 0 heterocycles. The molecule has 0 bridgehead atoms. The molecule has 11 heavy (non-hydrogen) atoms. The Morgan fingerprint density at radius 2 is 2.18 bits per heavy atom. The van der Waals surface area contributed by atoms with E-state index in [0.717, 1.165) is 26.7 Å². The standard InChI is InChI=1S/C6H5O.CH3.Co.2HI/c7-5-6-3-1-2-4-6;;;;/h1-3H,4H2;1H3;;2*1H/q;;+2;;/p-2. The summed E-state index contributed by atoms with van der Waals surface area (Å²) in [5.74, 6) is 1.86. The molecule has 1 aliphatic carbocycles. The Bertz CT molecular complexity index is 187. The molecule has 0 N–H and O–H groups in total. The fraction of sp³-hybridized carbons (Fsp3) is 0.286. The molecule has 1 rings (SSSR count). The molecule has 0 saturated carbocycles. The Balaban J connectivity index is 0. The molecule has 1 nitrogen and oxygen atoms in total. The van der Waals surface area contributed by atoms with Gasteiger partial charge in [-0.3, -0.25) is 0 Å². The van der Waals surface area contributed by atoms with Crippen molar-refractivity contribution in [3.8, 4) is 0 Å². The summed E-state index contributed by atoms with van der Waals surface area (Å²) < 4.78 is 0.247. The van der Waals surface area contributed by atoms with E-state index in [0.29, 0.717) is 0 Å². The first kappa shape index (κ1) is 14.6. The van der Waals surface area contributed by atoms with Gasteiger partial charge in [-0.25, -0.2) is 0 Å². The summed E-state index contributed by atoms with van der Waals surface area (Å²) in [6.07, 6.45) is 6.65. The molecule has 0 radical (unpaired) electrons. The van der Waals surface area contributed by atoms with Crippen LogP contribution in [0.25, 0.3) is 0 Å². The fourth-order valence-corrected chi connectivity index (χ4v) is 1.22. The van der Waals surface area contributed by atoms with Crippen LogP contribution in [0.5, 0.6) is 0 Å². The van der Waals surface area contributed by atoms with Gasteiger partial charge in [0.15, 0.2) is 0 Å². The van der Waals surface area contributed by atoms with E-state index in [4.69, 9.17) is 0 Å². The number of allylic oxidation sites excluding steroid dienone is 4. The van der Waals surface area contributed by atoms with Gasteiger partial charge in [-0.05, 0) is 0 Å². The van der Waals surface area contributed by atoms with Crippen LogP contribution in [-0.2, 0) is 19.5 Å². The summed E-state index contributed by atoms with van der Waals surface area (Å²) in [7, 11) is 0. The first-order valence-electron chi connectivity index (χ1n) is 2.67. The third kappa shape index (κ3) is 4.64. The minimum absolute atomic E-state index is 0. The minimum atomic E-state index is 0. The summed E-state index contributed by atoms with van der Waals surface area (Å²) in [4.78, 5) is 10.9. The van der Waals surface area contributed by atoms with Crippen molar-refractivity contribution in [3.05, 3.63) is 23.8 Å². The van der Waals surface area contributed by atoms with E-state index in [9.17, 15) is 4.79 Å². The van der Waals surface area contributed by atoms with E-state index in [-0.39, 0.29) is 52.7 Å². The first-order chi connectivity index (χ1) is 4.34. The van der Waals surface area contributed by atoms with Crippen LogP contribution >= 0.6 is 0 Å². The molecule has 0 unspecified atom stereocenters. The Hall–Kier alpha value is 1.12. The molecular formula is C7H8CoI2O. The normalized spacial score (nSPS) is 13.0. The topological polar surface area (TPSA) is 17.1 Å². The number of halogens is 2. The Morgan fingerprint density at radius 1 is 1.55 bits per heavy atom. The quantitative estimate of drug-likeness (QED) is 0.412. The monoisotopic (exact) mass is 421 g/mol. The predicted molar refractivity (Wildman–Crippen MR) is 32.7 cm³/mol. The third-order valence-electron chi connectivity index (χ3n) is 1.16. The molecule has 0 aromatic carbocycles. The average molecular weight is 421 g/mol. The van der Waals surface area contributed by atoms with Gasteiger partial charge in [-0.15, -0.1) is 0 Å². The van der Waals surface area contributed by atoms with Crippen LogP contribution in [-0.4, -0.2) is 4.72 Å². The van der Waals surface area contributed by atoms with Crippen molar-refractivity contribution in [3.63, 3.8) is 0 Å². The van der Waals surface area contributed by atoms with Crippen molar-refractivity contribution in [2.24, 2.45) is 0 Å². The van der Waals surface area contributed by atoms with E-state index < -0.39 is 0 Å². The maximum absolute atomic E-state index is 10.9. The summed E-state index contributed by atoms with van der Waals surface area (Å²) in [5.41, 5.74) is 0.942. The molecule has 0 aromatic rings. The maximum atomic E-state index is 10.9. The molecule has 0 spiro atoms. The maximum Gasteiger partial charge on any atom is -1.00 e. The van der Waals surface area contributed by atoms with Crippen molar-refractivity contribution >= 4 is 4.72 Å². The van der Waals surface area contributed by atoms with E-state index in [1.807, 2.05) is 24.1 Å². The van der Waals surface area contributed by atoms with Gasteiger partial charge in [0.25, 0.3) is 0 Å². The second-order valence-corrected chi connectivity index (χ2v) is 2.74. The van der Waals surface area contributed by atoms with Crippen molar-refractivity contribution in [1.82, 2.24) is 0 Å². The molecule has 0 amide bonds. The van der Waals surface area contributed by atoms with Gasteiger partial charge in [-0.2, -0.15) is 0 Å². The van der Waals surface area contributed by atoms with Gasteiger partial charge in [0.2, 0.25) is 0 Å². The molecule has 0 atom stereocenters. The predicted octanol–water partition coefficient (Wildman–Crippen LogP) is -4.46. The summed E-state index contributed by atoms with van der Waals surface area (Å²) >= 11 is 0.873. The fourth-order valence-electron chi connectivity index (χ4n) is 0.692. The molecule has 65 valence electrons. The van der Waals surface area contributed by atoms with Crippen LogP contribution < -0.4 is 48.0 Å².